The van der Waals surface area contributed by atoms with Gasteiger partial charge in [-0.15, -0.1) is 0 Å². The fourth-order valence-corrected chi connectivity index (χ4v) is 1.07. The second-order valence-electron chi connectivity index (χ2n) is 3.79. The van der Waals surface area contributed by atoms with Gasteiger partial charge in [-0.2, -0.15) is 22.0 Å². The minimum absolute atomic E-state index is 0.0828. The van der Waals surface area contributed by atoms with Crippen LogP contribution in [0.2, 0.25) is 0 Å². The molecule has 1 aromatic rings. The molecule has 0 radical (unpaired) electrons. The molecule has 116 valence electrons. The first-order chi connectivity index (χ1) is 9.65. The van der Waals surface area contributed by atoms with Crippen molar-refractivity contribution in [3.63, 3.8) is 0 Å². The van der Waals surface area contributed by atoms with Crippen LogP contribution in [0.1, 0.15) is 5.56 Å². The molecule has 1 aromatic carbocycles. The van der Waals surface area contributed by atoms with Gasteiger partial charge < -0.3 is 0 Å². The molecule has 21 heavy (non-hydrogen) atoms. The van der Waals surface area contributed by atoms with Crippen molar-refractivity contribution in [3.05, 3.63) is 67.3 Å². The molecular formula is C15H14F6. The van der Waals surface area contributed by atoms with E-state index < -0.39 is 18.3 Å². The Morgan fingerprint density at radius 1 is 0.905 bits per heavy atom. The van der Waals surface area contributed by atoms with Crippen LogP contribution in [0.15, 0.2) is 61.7 Å². The molecule has 0 fully saturated rings. The summed E-state index contributed by atoms with van der Waals surface area (Å²) in [5, 5.41) is 0. The molecule has 0 saturated heterocycles. The van der Waals surface area contributed by atoms with Crippen molar-refractivity contribution >= 4 is 6.08 Å². The van der Waals surface area contributed by atoms with Crippen LogP contribution in [-0.2, 0) is 0 Å². The summed E-state index contributed by atoms with van der Waals surface area (Å²) in [6, 6.07) is 7.48. The largest absolute Gasteiger partial charge is 0.426 e. The first kappa shape index (κ1) is 19.0. The molecule has 0 N–H and O–H groups in total. The van der Waals surface area contributed by atoms with Gasteiger partial charge in [-0.3, -0.25) is 0 Å². The van der Waals surface area contributed by atoms with Crippen LogP contribution < -0.4 is 0 Å². The third kappa shape index (κ3) is 7.39. The third-order valence-corrected chi connectivity index (χ3v) is 2.09. The summed E-state index contributed by atoms with van der Waals surface area (Å²) in [7, 11) is 0. The second-order valence-corrected chi connectivity index (χ2v) is 3.79. The summed E-state index contributed by atoms with van der Waals surface area (Å²) >= 11 is 0. The quantitative estimate of drug-likeness (QED) is 0.502. The Kier molecular flexibility index (Phi) is 7.55. The average molecular weight is 308 g/mol. The van der Waals surface area contributed by atoms with Gasteiger partial charge in [-0.05, 0) is 11.6 Å². The van der Waals surface area contributed by atoms with E-state index in [1.165, 1.54) is 24.3 Å². The number of allylic oxidation sites excluding steroid dienone is 3. The zero-order valence-corrected chi connectivity index (χ0v) is 11.0. The maximum absolute atomic E-state index is 12.8. The van der Waals surface area contributed by atoms with Gasteiger partial charge in [0.2, 0.25) is 0 Å². The zero-order chi connectivity index (χ0) is 16.5. The van der Waals surface area contributed by atoms with E-state index in [-0.39, 0.29) is 11.6 Å². The Bertz CT molecular complexity index is 453. The molecule has 6 heteroatoms. The van der Waals surface area contributed by atoms with Crippen molar-refractivity contribution in [1.29, 1.82) is 0 Å². The molecule has 0 bridgehead atoms. The number of benzene rings is 1. The number of hydrogen-bond acceptors (Lipinski definition) is 0. The number of rotatable bonds is 4. The second kappa shape index (κ2) is 8.34. The third-order valence-electron chi connectivity index (χ3n) is 2.09. The standard InChI is InChI=1S/C11H8F6.C4H6/c12-9(11(15,16)17)10(13,14)7-6-8-4-2-1-3-5-8;1-3-4-2/h1-7,9H;3-4H,1-2H2. The molecule has 0 spiro atoms. The summed E-state index contributed by atoms with van der Waals surface area (Å²) in [4.78, 5) is 0. The number of hydrogen-bond donors (Lipinski definition) is 0. The lowest BCUT2D eigenvalue weighted by atomic mass is 10.1. The van der Waals surface area contributed by atoms with Crippen LogP contribution >= 0.6 is 0 Å². The van der Waals surface area contributed by atoms with Gasteiger partial charge in [0.15, 0.2) is 0 Å². The Balaban J connectivity index is 0.000000885. The molecule has 0 nitrogen and oxygen atoms in total. The molecule has 0 amide bonds. The van der Waals surface area contributed by atoms with Gasteiger partial charge in [-0.1, -0.05) is 61.7 Å². The lowest BCUT2D eigenvalue weighted by molar-refractivity contribution is -0.230. The zero-order valence-electron chi connectivity index (χ0n) is 11.0. The first-order valence-electron chi connectivity index (χ1n) is 5.71. The molecule has 0 heterocycles. The van der Waals surface area contributed by atoms with Crippen LogP contribution in [0.5, 0.6) is 0 Å². The van der Waals surface area contributed by atoms with E-state index in [4.69, 9.17) is 0 Å². The van der Waals surface area contributed by atoms with Crippen LogP contribution in [0.4, 0.5) is 26.3 Å². The summed E-state index contributed by atoms with van der Waals surface area (Å²) in [6.45, 7) is 6.72. The average Bonchev–Trinajstić information content (AvgIpc) is 2.45. The van der Waals surface area contributed by atoms with Crippen molar-refractivity contribution in [2.24, 2.45) is 0 Å². The first-order valence-corrected chi connectivity index (χ1v) is 5.71. The maximum atomic E-state index is 12.8. The lowest BCUT2D eigenvalue weighted by Gasteiger charge is -2.19. The van der Waals surface area contributed by atoms with E-state index in [1.54, 1.807) is 18.2 Å². The number of halogens is 6. The SMILES string of the molecule is C=CC=C.FC(C(F)(F)F)C(F)(F)C=Cc1ccccc1. The molecule has 1 rings (SSSR count). The molecule has 0 aliphatic carbocycles. The predicted molar refractivity (Wildman–Crippen MR) is 71.8 cm³/mol. The fourth-order valence-electron chi connectivity index (χ4n) is 1.07. The summed E-state index contributed by atoms with van der Waals surface area (Å²) in [6.07, 6.45) is -5.83. The Morgan fingerprint density at radius 2 is 1.38 bits per heavy atom. The number of alkyl halides is 6. The van der Waals surface area contributed by atoms with E-state index in [1.807, 2.05) is 0 Å². The van der Waals surface area contributed by atoms with Crippen molar-refractivity contribution in [2.75, 3.05) is 0 Å². The minimum atomic E-state index is -5.58. The van der Waals surface area contributed by atoms with E-state index in [2.05, 4.69) is 13.2 Å². The molecule has 0 saturated carbocycles. The predicted octanol–water partition coefficient (Wildman–Crippen LogP) is 5.59. The monoisotopic (exact) mass is 308 g/mol. The van der Waals surface area contributed by atoms with Crippen LogP contribution in [0, 0.1) is 0 Å². The lowest BCUT2D eigenvalue weighted by Crippen LogP contribution is -2.40. The van der Waals surface area contributed by atoms with Crippen molar-refractivity contribution in [2.45, 2.75) is 18.3 Å². The van der Waals surface area contributed by atoms with Gasteiger partial charge in [0.25, 0.3) is 6.17 Å². The van der Waals surface area contributed by atoms with Gasteiger partial charge in [0.05, 0.1) is 0 Å². The van der Waals surface area contributed by atoms with Gasteiger partial charge in [-0.25, -0.2) is 4.39 Å². The van der Waals surface area contributed by atoms with Crippen molar-refractivity contribution in [1.82, 2.24) is 0 Å². The fraction of sp³-hybridized carbons (Fsp3) is 0.200. The molecular weight excluding hydrogens is 294 g/mol. The highest BCUT2D eigenvalue weighted by Gasteiger charge is 2.55. The molecule has 0 aromatic heterocycles. The molecule has 1 unspecified atom stereocenters. The Morgan fingerprint density at radius 3 is 1.76 bits per heavy atom. The van der Waals surface area contributed by atoms with Crippen LogP contribution in [0.25, 0.3) is 6.08 Å². The van der Waals surface area contributed by atoms with Gasteiger partial charge in [0, 0.05) is 0 Å². The van der Waals surface area contributed by atoms with Crippen molar-refractivity contribution in [3.8, 4) is 0 Å². The Hall–Kier alpha value is -1.98. The van der Waals surface area contributed by atoms with Crippen molar-refractivity contribution < 1.29 is 26.3 Å². The highest BCUT2D eigenvalue weighted by molar-refractivity contribution is 5.50. The van der Waals surface area contributed by atoms with E-state index >= 15 is 0 Å². The minimum Gasteiger partial charge on any atom is -0.230 e. The van der Waals surface area contributed by atoms with E-state index in [0.29, 0.717) is 0 Å². The van der Waals surface area contributed by atoms with Gasteiger partial charge >= 0.3 is 12.1 Å². The Labute approximate surface area is 119 Å². The van der Waals surface area contributed by atoms with E-state index in [0.717, 1.165) is 6.08 Å². The summed E-state index contributed by atoms with van der Waals surface area (Å²) in [5.41, 5.74) is 0.265. The highest BCUT2D eigenvalue weighted by atomic mass is 19.4. The molecule has 1 atom stereocenters. The molecule has 0 aliphatic rings. The smallest absolute Gasteiger partial charge is 0.230 e. The van der Waals surface area contributed by atoms with E-state index in [9.17, 15) is 26.3 Å². The normalized spacial score (nSPS) is 13.2. The molecule has 0 aliphatic heterocycles. The highest BCUT2D eigenvalue weighted by Crippen LogP contribution is 2.36. The van der Waals surface area contributed by atoms with Crippen LogP contribution in [-0.4, -0.2) is 18.3 Å². The topological polar surface area (TPSA) is 0 Å². The van der Waals surface area contributed by atoms with Crippen LogP contribution in [0.3, 0.4) is 0 Å². The maximum Gasteiger partial charge on any atom is 0.426 e. The summed E-state index contributed by atoms with van der Waals surface area (Å²) < 4.78 is 73.4. The van der Waals surface area contributed by atoms with Gasteiger partial charge in [0.1, 0.15) is 0 Å². The summed E-state index contributed by atoms with van der Waals surface area (Å²) in [5.74, 6) is -4.58.